The first-order valence-corrected chi connectivity index (χ1v) is 12.7. The van der Waals surface area contributed by atoms with Crippen molar-refractivity contribution in [1.82, 2.24) is 14.9 Å². The molecule has 4 aromatic rings. The van der Waals surface area contributed by atoms with Gasteiger partial charge in [-0.05, 0) is 60.9 Å². The van der Waals surface area contributed by atoms with Gasteiger partial charge in [0.05, 0.1) is 12.8 Å². The topological polar surface area (TPSA) is 61.5 Å². The molecule has 0 atom stereocenters. The molecule has 0 fully saturated rings. The van der Waals surface area contributed by atoms with E-state index in [1.165, 1.54) is 11.1 Å². The van der Waals surface area contributed by atoms with E-state index >= 15 is 0 Å². The van der Waals surface area contributed by atoms with Crippen LogP contribution in [0.25, 0.3) is 0 Å². The van der Waals surface area contributed by atoms with Crippen molar-refractivity contribution in [2.24, 2.45) is 5.10 Å². The van der Waals surface area contributed by atoms with Crippen molar-refractivity contribution < 1.29 is 9.47 Å². The minimum atomic E-state index is 0.461. The van der Waals surface area contributed by atoms with Crippen molar-refractivity contribution in [3.63, 3.8) is 0 Å². The third kappa shape index (κ3) is 6.71. The summed E-state index contributed by atoms with van der Waals surface area (Å²) in [6, 6.07) is 22.3. The number of aromatic nitrogens is 3. The Balaban J connectivity index is 1.42. The fraction of sp³-hybridized carbons (Fsp3) is 0.192. The normalized spacial score (nSPS) is 11.1. The maximum atomic E-state index is 6.01. The second kappa shape index (κ2) is 11.9. The molecule has 0 aliphatic rings. The van der Waals surface area contributed by atoms with E-state index in [2.05, 4.69) is 62.4 Å². The summed E-state index contributed by atoms with van der Waals surface area (Å²) in [5.41, 5.74) is 4.45. The molecule has 1 heterocycles. The van der Waals surface area contributed by atoms with Gasteiger partial charge in [0.15, 0.2) is 11.5 Å². The number of rotatable bonds is 10. The Kier molecular flexibility index (Phi) is 8.38. The SMILES string of the molecule is CCOc1cc(/C=N/n2cnnc2SCc2ccc(C)cc2)ccc1OCc1ccc(Br)cc1. The van der Waals surface area contributed by atoms with E-state index in [9.17, 15) is 0 Å². The molecule has 0 aliphatic heterocycles. The predicted molar refractivity (Wildman–Crippen MR) is 140 cm³/mol. The molecule has 174 valence electrons. The van der Waals surface area contributed by atoms with Crippen LogP contribution in [0.4, 0.5) is 0 Å². The molecule has 0 saturated carbocycles. The van der Waals surface area contributed by atoms with Crippen molar-refractivity contribution in [2.45, 2.75) is 31.4 Å². The van der Waals surface area contributed by atoms with Crippen LogP contribution in [0, 0.1) is 6.92 Å². The molecule has 0 spiro atoms. The van der Waals surface area contributed by atoms with Crippen LogP contribution in [0.5, 0.6) is 11.5 Å². The van der Waals surface area contributed by atoms with Gasteiger partial charge in [-0.25, -0.2) is 0 Å². The zero-order chi connectivity index (χ0) is 23.8. The van der Waals surface area contributed by atoms with E-state index in [1.807, 2.05) is 49.4 Å². The summed E-state index contributed by atoms with van der Waals surface area (Å²) < 4.78 is 14.5. The smallest absolute Gasteiger partial charge is 0.212 e. The van der Waals surface area contributed by atoms with Gasteiger partial charge in [0.25, 0.3) is 0 Å². The lowest BCUT2D eigenvalue weighted by molar-refractivity contribution is 0.269. The third-order valence-corrected chi connectivity index (χ3v) is 6.43. The highest BCUT2D eigenvalue weighted by Crippen LogP contribution is 2.29. The molecule has 0 unspecified atom stereocenters. The fourth-order valence-corrected chi connectivity index (χ4v) is 4.17. The summed E-state index contributed by atoms with van der Waals surface area (Å²) in [4.78, 5) is 0. The van der Waals surface area contributed by atoms with Gasteiger partial charge < -0.3 is 9.47 Å². The van der Waals surface area contributed by atoms with Gasteiger partial charge in [-0.1, -0.05) is 69.7 Å². The Morgan fingerprint density at radius 2 is 1.74 bits per heavy atom. The Bertz CT molecular complexity index is 1240. The van der Waals surface area contributed by atoms with Gasteiger partial charge in [-0.15, -0.1) is 10.2 Å². The van der Waals surface area contributed by atoms with Crippen LogP contribution < -0.4 is 9.47 Å². The van der Waals surface area contributed by atoms with E-state index in [0.29, 0.717) is 24.7 Å². The maximum absolute atomic E-state index is 6.01. The number of thioether (sulfide) groups is 1. The van der Waals surface area contributed by atoms with Crippen molar-refractivity contribution >= 4 is 33.9 Å². The van der Waals surface area contributed by atoms with Crippen molar-refractivity contribution in [3.8, 4) is 11.5 Å². The number of nitrogens with zero attached hydrogens (tertiary/aromatic N) is 4. The summed E-state index contributed by atoms with van der Waals surface area (Å²) in [5.74, 6) is 2.18. The van der Waals surface area contributed by atoms with Crippen LogP contribution in [0.2, 0.25) is 0 Å². The summed E-state index contributed by atoms with van der Waals surface area (Å²) >= 11 is 5.05. The Labute approximate surface area is 212 Å². The molecule has 0 amide bonds. The van der Waals surface area contributed by atoms with Crippen molar-refractivity contribution in [2.75, 3.05) is 6.61 Å². The lowest BCUT2D eigenvalue weighted by atomic mass is 10.2. The molecule has 0 radical (unpaired) electrons. The number of benzene rings is 3. The number of hydrogen-bond acceptors (Lipinski definition) is 6. The standard InChI is InChI=1S/C26H25BrN4O2S/c1-3-32-25-14-22(10-13-24(25)33-16-20-8-11-23(27)12-9-20)15-29-31-18-28-30-26(31)34-17-21-6-4-19(2)5-7-21/h4-15,18H,3,16-17H2,1-2H3/b29-15+. The zero-order valence-corrected chi connectivity index (χ0v) is 21.4. The molecule has 34 heavy (non-hydrogen) atoms. The number of halogens is 1. The molecule has 0 bridgehead atoms. The average molecular weight is 537 g/mol. The van der Waals surface area contributed by atoms with Gasteiger partial charge in [0.1, 0.15) is 12.9 Å². The van der Waals surface area contributed by atoms with Crippen LogP contribution in [0.3, 0.4) is 0 Å². The predicted octanol–water partition coefficient (Wildman–Crippen LogP) is 6.50. The summed E-state index contributed by atoms with van der Waals surface area (Å²) in [6.45, 7) is 5.04. The summed E-state index contributed by atoms with van der Waals surface area (Å²) in [6.07, 6.45) is 3.37. The van der Waals surface area contributed by atoms with Gasteiger partial charge >= 0.3 is 0 Å². The van der Waals surface area contributed by atoms with E-state index in [4.69, 9.17) is 9.47 Å². The van der Waals surface area contributed by atoms with Crippen LogP contribution in [-0.2, 0) is 12.4 Å². The lowest BCUT2D eigenvalue weighted by Crippen LogP contribution is -2.00. The third-order valence-electron chi connectivity index (χ3n) is 4.90. The second-order valence-corrected chi connectivity index (χ2v) is 9.39. The molecule has 8 heteroatoms. The molecular formula is C26H25BrN4O2S. The Morgan fingerprint density at radius 1 is 0.971 bits per heavy atom. The first kappa shape index (κ1) is 24.0. The molecule has 0 aliphatic carbocycles. The number of hydrogen-bond donors (Lipinski definition) is 0. The van der Waals surface area contributed by atoms with E-state index in [1.54, 1.807) is 29.0 Å². The fourth-order valence-electron chi connectivity index (χ4n) is 3.09. The minimum Gasteiger partial charge on any atom is -0.490 e. The van der Waals surface area contributed by atoms with Crippen molar-refractivity contribution in [1.29, 1.82) is 0 Å². The van der Waals surface area contributed by atoms with Gasteiger partial charge in [-0.3, -0.25) is 0 Å². The van der Waals surface area contributed by atoms with E-state index in [0.717, 1.165) is 26.5 Å². The Hall–Kier alpha value is -3.10. The molecule has 0 N–H and O–H groups in total. The minimum absolute atomic E-state index is 0.461. The largest absolute Gasteiger partial charge is 0.490 e. The van der Waals surface area contributed by atoms with E-state index in [-0.39, 0.29) is 0 Å². The highest BCUT2D eigenvalue weighted by Gasteiger charge is 2.08. The van der Waals surface area contributed by atoms with E-state index < -0.39 is 0 Å². The summed E-state index contributed by atoms with van der Waals surface area (Å²) in [7, 11) is 0. The van der Waals surface area contributed by atoms with Crippen LogP contribution in [-0.4, -0.2) is 27.7 Å². The van der Waals surface area contributed by atoms with Crippen LogP contribution >= 0.6 is 27.7 Å². The van der Waals surface area contributed by atoms with Gasteiger partial charge in [0, 0.05) is 10.2 Å². The number of ether oxygens (including phenoxy) is 2. The molecule has 4 rings (SSSR count). The van der Waals surface area contributed by atoms with Crippen LogP contribution in [0.1, 0.15) is 29.2 Å². The first-order valence-electron chi connectivity index (χ1n) is 10.9. The number of aryl methyl sites for hydroxylation is 1. The molecular weight excluding hydrogens is 512 g/mol. The average Bonchev–Trinajstić information content (AvgIpc) is 3.30. The van der Waals surface area contributed by atoms with Gasteiger partial charge in [-0.2, -0.15) is 9.78 Å². The quantitative estimate of drug-likeness (QED) is 0.171. The first-order chi connectivity index (χ1) is 16.6. The molecule has 6 nitrogen and oxygen atoms in total. The van der Waals surface area contributed by atoms with Crippen molar-refractivity contribution in [3.05, 3.63) is 99.8 Å². The Morgan fingerprint density at radius 3 is 2.50 bits per heavy atom. The highest BCUT2D eigenvalue weighted by molar-refractivity contribution is 9.10. The maximum Gasteiger partial charge on any atom is 0.212 e. The van der Waals surface area contributed by atoms with Crippen LogP contribution in [0.15, 0.2) is 87.8 Å². The lowest BCUT2D eigenvalue weighted by Gasteiger charge is -2.12. The zero-order valence-electron chi connectivity index (χ0n) is 19.0. The molecule has 1 aromatic heterocycles. The summed E-state index contributed by atoms with van der Waals surface area (Å²) in [5, 5.41) is 13.5. The second-order valence-electron chi connectivity index (χ2n) is 7.53. The highest BCUT2D eigenvalue weighted by atomic mass is 79.9. The monoisotopic (exact) mass is 536 g/mol. The molecule has 0 saturated heterocycles. The molecule has 3 aromatic carbocycles. The van der Waals surface area contributed by atoms with Gasteiger partial charge in [0.2, 0.25) is 5.16 Å².